The monoisotopic (exact) mass is 466 g/mol. The molecule has 34 heavy (non-hydrogen) atoms. The third-order valence-corrected chi connectivity index (χ3v) is 5.12. The molecule has 0 fully saturated rings. The molecule has 4 rings (SSSR count). The van der Waals surface area contributed by atoms with Crippen molar-refractivity contribution in [3.05, 3.63) is 59.0 Å². The SMILES string of the molecule is COc1ccccc1OCC(=O)Oc1ccc2c(c1)oc(=O)c1cc(OC)c(OC)c(OC)c12. The van der Waals surface area contributed by atoms with Gasteiger partial charge in [0.15, 0.2) is 29.6 Å². The average molecular weight is 466 g/mol. The van der Waals surface area contributed by atoms with Gasteiger partial charge in [0, 0.05) is 16.8 Å². The summed E-state index contributed by atoms with van der Waals surface area (Å²) in [7, 11) is 5.91. The molecule has 0 bridgehead atoms. The van der Waals surface area contributed by atoms with Gasteiger partial charge in [0.2, 0.25) is 5.75 Å². The molecular formula is C25H22O9. The lowest BCUT2D eigenvalue weighted by Crippen LogP contribution is -2.18. The van der Waals surface area contributed by atoms with Crippen LogP contribution in [0.4, 0.5) is 0 Å². The van der Waals surface area contributed by atoms with Crippen LogP contribution in [0.1, 0.15) is 0 Å². The maximum absolute atomic E-state index is 12.7. The highest BCUT2D eigenvalue weighted by atomic mass is 16.6. The number of fused-ring (bicyclic) bond motifs is 3. The van der Waals surface area contributed by atoms with E-state index in [1.165, 1.54) is 40.6 Å². The number of esters is 1. The maximum atomic E-state index is 12.7. The normalized spacial score (nSPS) is 10.7. The van der Waals surface area contributed by atoms with Gasteiger partial charge in [-0.15, -0.1) is 0 Å². The first-order valence-corrected chi connectivity index (χ1v) is 10.2. The third-order valence-electron chi connectivity index (χ3n) is 5.12. The van der Waals surface area contributed by atoms with Crippen molar-refractivity contribution in [3.8, 4) is 34.5 Å². The Morgan fingerprint density at radius 3 is 2.18 bits per heavy atom. The van der Waals surface area contributed by atoms with Gasteiger partial charge >= 0.3 is 11.6 Å². The Morgan fingerprint density at radius 2 is 1.50 bits per heavy atom. The minimum absolute atomic E-state index is 0.183. The Balaban J connectivity index is 1.67. The lowest BCUT2D eigenvalue weighted by molar-refractivity contribution is -0.136. The predicted molar refractivity (Wildman–Crippen MR) is 124 cm³/mol. The van der Waals surface area contributed by atoms with Gasteiger partial charge in [-0.05, 0) is 30.3 Å². The molecule has 0 radical (unpaired) electrons. The van der Waals surface area contributed by atoms with Crippen molar-refractivity contribution in [2.75, 3.05) is 35.0 Å². The Bertz CT molecular complexity index is 1420. The van der Waals surface area contributed by atoms with E-state index in [0.29, 0.717) is 39.5 Å². The molecule has 9 heteroatoms. The van der Waals surface area contributed by atoms with Gasteiger partial charge in [0.1, 0.15) is 11.3 Å². The van der Waals surface area contributed by atoms with Crippen LogP contribution in [0.5, 0.6) is 34.5 Å². The Morgan fingerprint density at radius 1 is 0.794 bits per heavy atom. The largest absolute Gasteiger partial charge is 0.493 e. The highest BCUT2D eigenvalue weighted by molar-refractivity contribution is 6.10. The van der Waals surface area contributed by atoms with E-state index in [-0.39, 0.29) is 23.3 Å². The summed E-state index contributed by atoms with van der Waals surface area (Å²) in [5, 5.41) is 1.32. The van der Waals surface area contributed by atoms with Crippen molar-refractivity contribution in [2.24, 2.45) is 0 Å². The summed E-state index contributed by atoms with van der Waals surface area (Å²) in [5.74, 6) is 1.45. The number of hydrogen-bond donors (Lipinski definition) is 0. The van der Waals surface area contributed by atoms with Crippen LogP contribution in [0.2, 0.25) is 0 Å². The fourth-order valence-corrected chi connectivity index (χ4v) is 3.63. The van der Waals surface area contributed by atoms with E-state index in [2.05, 4.69) is 0 Å². The fraction of sp³-hybridized carbons (Fsp3) is 0.200. The van der Waals surface area contributed by atoms with Crippen molar-refractivity contribution in [1.29, 1.82) is 0 Å². The Hall–Kier alpha value is -4.40. The highest BCUT2D eigenvalue weighted by Crippen LogP contribution is 2.45. The number of methoxy groups -OCH3 is 4. The van der Waals surface area contributed by atoms with Gasteiger partial charge < -0.3 is 32.8 Å². The van der Waals surface area contributed by atoms with Crippen LogP contribution in [-0.2, 0) is 4.79 Å². The summed E-state index contributed by atoms with van der Waals surface area (Å²) in [5.41, 5.74) is -0.399. The first-order chi connectivity index (χ1) is 16.5. The van der Waals surface area contributed by atoms with Crippen LogP contribution < -0.4 is 34.0 Å². The zero-order valence-corrected chi connectivity index (χ0v) is 19.0. The van der Waals surface area contributed by atoms with Crippen molar-refractivity contribution in [2.45, 2.75) is 0 Å². The molecule has 0 aliphatic rings. The number of benzene rings is 3. The van der Waals surface area contributed by atoms with Gasteiger partial charge in [-0.3, -0.25) is 0 Å². The van der Waals surface area contributed by atoms with Crippen molar-refractivity contribution in [1.82, 2.24) is 0 Å². The summed E-state index contributed by atoms with van der Waals surface area (Å²) in [6.07, 6.45) is 0. The van der Waals surface area contributed by atoms with E-state index >= 15 is 0 Å². The minimum atomic E-state index is -0.641. The molecule has 0 aliphatic carbocycles. The standard InChI is InChI=1S/C25H22O9/c1-28-17-7-5-6-8-18(17)32-13-21(26)33-14-9-10-15-19(11-14)34-25(27)16-12-20(29-2)23(30-3)24(31-4)22(15)16/h5-12H,13H2,1-4H3. The van der Waals surface area contributed by atoms with Gasteiger partial charge in [-0.25, -0.2) is 9.59 Å². The number of hydrogen-bond acceptors (Lipinski definition) is 9. The molecule has 0 spiro atoms. The average Bonchev–Trinajstić information content (AvgIpc) is 2.86. The highest BCUT2D eigenvalue weighted by Gasteiger charge is 2.21. The number of para-hydroxylation sites is 2. The first kappa shape index (κ1) is 22.8. The number of carbonyl (C=O) groups is 1. The molecule has 0 amide bonds. The van der Waals surface area contributed by atoms with Gasteiger partial charge in [-0.1, -0.05) is 12.1 Å². The van der Waals surface area contributed by atoms with Crippen molar-refractivity contribution in [3.63, 3.8) is 0 Å². The molecule has 0 saturated carbocycles. The van der Waals surface area contributed by atoms with Gasteiger partial charge in [-0.2, -0.15) is 0 Å². The molecule has 0 unspecified atom stereocenters. The van der Waals surface area contributed by atoms with Crippen LogP contribution >= 0.6 is 0 Å². The molecule has 4 aromatic rings. The summed E-state index contributed by atoms with van der Waals surface area (Å²) in [4.78, 5) is 25.0. The smallest absolute Gasteiger partial charge is 0.349 e. The first-order valence-electron chi connectivity index (χ1n) is 10.2. The van der Waals surface area contributed by atoms with Gasteiger partial charge in [0.05, 0.1) is 33.8 Å². The van der Waals surface area contributed by atoms with Crippen LogP contribution in [0.3, 0.4) is 0 Å². The van der Waals surface area contributed by atoms with Crippen LogP contribution in [-0.4, -0.2) is 41.0 Å². The van der Waals surface area contributed by atoms with E-state index in [1.807, 2.05) is 0 Å². The second kappa shape index (κ2) is 9.62. The van der Waals surface area contributed by atoms with E-state index in [9.17, 15) is 9.59 Å². The Labute approximate surface area is 194 Å². The molecule has 1 heterocycles. The molecular weight excluding hydrogens is 444 g/mol. The number of ether oxygens (including phenoxy) is 6. The van der Waals surface area contributed by atoms with Crippen molar-refractivity contribution >= 4 is 27.7 Å². The quantitative estimate of drug-likeness (QED) is 0.165. The molecule has 1 aromatic heterocycles. The van der Waals surface area contributed by atoms with E-state index < -0.39 is 11.6 Å². The lowest BCUT2D eigenvalue weighted by atomic mass is 10.0. The molecule has 0 N–H and O–H groups in total. The summed E-state index contributed by atoms with van der Waals surface area (Å²) < 4.78 is 37.8. The second-order valence-corrected chi connectivity index (χ2v) is 7.03. The molecule has 0 aliphatic heterocycles. The van der Waals surface area contributed by atoms with Gasteiger partial charge in [0.25, 0.3) is 0 Å². The Kier molecular flexibility index (Phi) is 6.44. The van der Waals surface area contributed by atoms with Crippen molar-refractivity contribution < 1.29 is 37.6 Å². The third kappa shape index (κ3) is 4.15. The van der Waals surface area contributed by atoms with E-state index in [1.54, 1.807) is 36.4 Å². The predicted octanol–water partition coefficient (Wildman–Crippen LogP) is 3.97. The molecule has 0 atom stereocenters. The van der Waals surface area contributed by atoms with E-state index in [4.69, 9.17) is 32.8 Å². The summed E-state index contributed by atoms with van der Waals surface area (Å²) in [6.45, 7) is -0.342. The minimum Gasteiger partial charge on any atom is -0.493 e. The summed E-state index contributed by atoms with van der Waals surface area (Å²) >= 11 is 0. The van der Waals surface area contributed by atoms with Crippen LogP contribution in [0.15, 0.2) is 57.7 Å². The number of carbonyl (C=O) groups excluding carboxylic acids is 1. The zero-order valence-electron chi connectivity index (χ0n) is 19.0. The molecule has 9 nitrogen and oxygen atoms in total. The summed E-state index contributed by atoms with van der Waals surface area (Å²) in [6, 6.07) is 13.2. The lowest BCUT2D eigenvalue weighted by Gasteiger charge is -2.15. The van der Waals surface area contributed by atoms with E-state index in [0.717, 1.165) is 0 Å². The van der Waals surface area contributed by atoms with Crippen LogP contribution in [0, 0.1) is 0 Å². The molecule has 0 saturated heterocycles. The molecule has 176 valence electrons. The fourth-order valence-electron chi connectivity index (χ4n) is 3.63. The van der Waals surface area contributed by atoms with Crippen LogP contribution in [0.25, 0.3) is 21.7 Å². The zero-order chi connectivity index (χ0) is 24.2. The topological polar surface area (TPSA) is 103 Å². The maximum Gasteiger partial charge on any atom is 0.349 e. The second-order valence-electron chi connectivity index (χ2n) is 7.03. The number of rotatable bonds is 8. The molecule has 3 aromatic carbocycles.